The molecule has 2 aromatic rings. The molecule has 0 spiro atoms. The number of carbonyl (C=O) groups is 2. The highest BCUT2D eigenvalue weighted by Crippen LogP contribution is 2.39. The van der Waals surface area contributed by atoms with Crippen LogP contribution in [0, 0.1) is 6.92 Å². The van der Waals surface area contributed by atoms with Gasteiger partial charge < -0.3 is 9.80 Å². The molecule has 0 bridgehead atoms. The van der Waals surface area contributed by atoms with Crippen molar-refractivity contribution in [1.82, 2.24) is 29.5 Å². The van der Waals surface area contributed by atoms with Gasteiger partial charge in [-0.3, -0.25) is 24.2 Å². The highest BCUT2D eigenvalue weighted by atomic mass is 16.2. The third-order valence-electron chi connectivity index (χ3n) is 4.49. The van der Waals surface area contributed by atoms with E-state index in [1.54, 1.807) is 48.5 Å². The summed E-state index contributed by atoms with van der Waals surface area (Å²) in [7, 11) is 3.39. The van der Waals surface area contributed by atoms with Gasteiger partial charge in [-0.2, -0.15) is 5.10 Å². The van der Waals surface area contributed by atoms with E-state index in [2.05, 4.69) is 15.1 Å². The summed E-state index contributed by atoms with van der Waals surface area (Å²) in [6, 6.07) is 0. The number of likely N-dealkylation sites (N-methyl/N-ethyl adjacent to an activating group) is 1. The Morgan fingerprint density at radius 2 is 2.08 bits per heavy atom. The standard InChI is InChI=1S/C17H22N6O2/c1-13-9-20-22(11-13)12-15(24)23-8-4-5-17(23,16(25)21(2)3)14-10-18-6-7-19-14/h6-7,9-11H,4-5,8,12H2,1-3H3/t17-/m0/s1. The van der Waals surface area contributed by atoms with Crippen LogP contribution in [0.15, 0.2) is 31.0 Å². The first-order chi connectivity index (χ1) is 11.9. The molecule has 1 fully saturated rings. The Morgan fingerprint density at radius 1 is 1.28 bits per heavy atom. The van der Waals surface area contributed by atoms with E-state index in [9.17, 15) is 9.59 Å². The molecular weight excluding hydrogens is 320 g/mol. The van der Waals surface area contributed by atoms with Crippen molar-refractivity contribution in [3.05, 3.63) is 42.2 Å². The van der Waals surface area contributed by atoms with Gasteiger partial charge in [0.1, 0.15) is 6.54 Å². The molecular formula is C17H22N6O2. The summed E-state index contributed by atoms with van der Waals surface area (Å²) in [4.78, 5) is 37.7. The quantitative estimate of drug-likeness (QED) is 0.812. The van der Waals surface area contributed by atoms with Gasteiger partial charge in [-0.25, -0.2) is 0 Å². The lowest BCUT2D eigenvalue weighted by Gasteiger charge is -2.38. The van der Waals surface area contributed by atoms with E-state index >= 15 is 0 Å². The van der Waals surface area contributed by atoms with Crippen LogP contribution < -0.4 is 0 Å². The minimum Gasteiger partial charge on any atom is -0.346 e. The van der Waals surface area contributed by atoms with Crippen LogP contribution in [0.3, 0.4) is 0 Å². The van der Waals surface area contributed by atoms with Crippen LogP contribution >= 0.6 is 0 Å². The van der Waals surface area contributed by atoms with Crippen molar-refractivity contribution < 1.29 is 9.59 Å². The average molecular weight is 342 g/mol. The van der Waals surface area contributed by atoms with E-state index in [1.165, 1.54) is 4.90 Å². The van der Waals surface area contributed by atoms with E-state index in [4.69, 9.17) is 0 Å². The van der Waals surface area contributed by atoms with E-state index in [1.807, 2.05) is 13.1 Å². The first kappa shape index (κ1) is 17.1. The fourth-order valence-corrected chi connectivity index (χ4v) is 3.41. The van der Waals surface area contributed by atoms with Crippen LogP contribution in [-0.4, -0.2) is 62.0 Å². The topological polar surface area (TPSA) is 84.2 Å². The van der Waals surface area contributed by atoms with Gasteiger partial charge >= 0.3 is 0 Å². The third-order valence-corrected chi connectivity index (χ3v) is 4.49. The van der Waals surface area contributed by atoms with Crippen LogP contribution in [0.4, 0.5) is 0 Å². The number of hydrogen-bond donors (Lipinski definition) is 0. The zero-order chi connectivity index (χ0) is 18.0. The summed E-state index contributed by atoms with van der Waals surface area (Å²) in [5, 5.41) is 4.17. The van der Waals surface area contributed by atoms with Crippen molar-refractivity contribution in [2.45, 2.75) is 31.8 Å². The summed E-state index contributed by atoms with van der Waals surface area (Å²) in [5.74, 6) is -0.308. The lowest BCUT2D eigenvalue weighted by atomic mass is 9.90. The maximum atomic E-state index is 13.1. The van der Waals surface area contributed by atoms with Gasteiger partial charge in [0.25, 0.3) is 5.91 Å². The molecule has 2 amide bonds. The summed E-state index contributed by atoms with van der Waals surface area (Å²) in [6.45, 7) is 2.52. The predicted octanol–water partition coefficient (Wildman–Crippen LogP) is 0.588. The molecule has 0 aliphatic carbocycles. The summed E-state index contributed by atoms with van der Waals surface area (Å²) in [6.07, 6.45) is 9.48. The van der Waals surface area contributed by atoms with Crippen LogP contribution in [0.1, 0.15) is 24.1 Å². The summed E-state index contributed by atoms with van der Waals surface area (Å²) >= 11 is 0. The second-order valence-electron chi connectivity index (χ2n) is 6.51. The predicted molar refractivity (Wildman–Crippen MR) is 90.3 cm³/mol. The molecule has 1 saturated heterocycles. The largest absolute Gasteiger partial charge is 0.346 e. The van der Waals surface area contributed by atoms with Gasteiger partial charge in [0.05, 0.1) is 18.1 Å². The zero-order valence-corrected chi connectivity index (χ0v) is 14.7. The lowest BCUT2D eigenvalue weighted by Crippen LogP contribution is -2.55. The van der Waals surface area contributed by atoms with Crippen molar-refractivity contribution >= 4 is 11.8 Å². The van der Waals surface area contributed by atoms with Gasteiger partial charge in [0.15, 0.2) is 5.54 Å². The highest BCUT2D eigenvalue weighted by molar-refractivity contribution is 5.92. The molecule has 1 atom stereocenters. The van der Waals surface area contributed by atoms with Gasteiger partial charge in [-0.05, 0) is 25.3 Å². The van der Waals surface area contributed by atoms with E-state index in [-0.39, 0.29) is 18.4 Å². The fourth-order valence-electron chi connectivity index (χ4n) is 3.41. The van der Waals surface area contributed by atoms with Gasteiger partial charge in [-0.15, -0.1) is 0 Å². The van der Waals surface area contributed by atoms with Crippen LogP contribution in [-0.2, 0) is 21.7 Å². The van der Waals surface area contributed by atoms with E-state index < -0.39 is 5.54 Å². The highest BCUT2D eigenvalue weighted by Gasteiger charge is 2.53. The Morgan fingerprint density at radius 3 is 2.68 bits per heavy atom. The molecule has 8 heteroatoms. The molecule has 0 radical (unpaired) electrons. The maximum absolute atomic E-state index is 13.1. The zero-order valence-electron chi connectivity index (χ0n) is 14.7. The van der Waals surface area contributed by atoms with E-state index in [0.29, 0.717) is 18.7 Å². The Bertz CT molecular complexity index is 772. The second kappa shape index (κ2) is 6.62. The lowest BCUT2D eigenvalue weighted by molar-refractivity contribution is -0.151. The van der Waals surface area contributed by atoms with Crippen molar-refractivity contribution in [3.63, 3.8) is 0 Å². The molecule has 3 heterocycles. The molecule has 0 unspecified atom stereocenters. The molecule has 1 aliphatic heterocycles. The normalized spacial score (nSPS) is 19.9. The van der Waals surface area contributed by atoms with Crippen LogP contribution in [0.2, 0.25) is 0 Å². The van der Waals surface area contributed by atoms with E-state index in [0.717, 1.165) is 12.0 Å². The molecule has 0 saturated carbocycles. The van der Waals surface area contributed by atoms with Crippen LogP contribution in [0.5, 0.6) is 0 Å². The number of rotatable bonds is 4. The van der Waals surface area contributed by atoms with Crippen molar-refractivity contribution in [3.8, 4) is 0 Å². The van der Waals surface area contributed by atoms with Gasteiger partial charge in [0, 0.05) is 39.2 Å². The third kappa shape index (κ3) is 2.99. The monoisotopic (exact) mass is 342 g/mol. The molecule has 132 valence electrons. The molecule has 2 aromatic heterocycles. The summed E-state index contributed by atoms with van der Waals surface area (Å²) < 4.78 is 1.59. The number of aromatic nitrogens is 4. The van der Waals surface area contributed by atoms with Gasteiger partial charge in [0.2, 0.25) is 5.91 Å². The SMILES string of the molecule is Cc1cnn(CC(=O)N2CCC[C@@]2(C(=O)N(C)C)c2cnccn2)c1. The first-order valence-electron chi connectivity index (χ1n) is 8.23. The minimum atomic E-state index is -1.10. The molecule has 0 N–H and O–H groups in total. The number of carbonyl (C=O) groups excluding carboxylic acids is 2. The number of likely N-dealkylation sites (tertiary alicyclic amines) is 1. The van der Waals surface area contributed by atoms with Crippen molar-refractivity contribution in [1.29, 1.82) is 0 Å². The first-order valence-corrected chi connectivity index (χ1v) is 8.23. The number of aryl methyl sites for hydroxylation is 1. The number of hydrogen-bond acceptors (Lipinski definition) is 5. The summed E-state index contributed by atoms with van der Waals surface area (Å²) in [5.41, 5.74) is 0.395. The number of nitrogens with zero attached hydrogens (tertiary/aromatic N) is 6. The Balaban J connectivity index is 1.98. The van der Waals surface area contributed by atoms with Crippen molar-refractivity contribution in [2.24, 2.45) is 0 Å². The minimum absolute atomic E-state index is 0.0938. The van der Waals surface area contributed by atoms with Gasteiger partial charge in [-0.1, -0.05) is 0 Å². The van der Waals surface area contributed by atoms with Crippen molar-refractivity contribution in [2.75, 3.05) is 20.6 Å². The fraction of sp³-hybridized carbons (Fsp3) is 0.471. The molecule has 1 aliphatic rings. The average Bonchev–Trinajstić information content (AvgIpc) is 3.22. The van der Waals surface area contributed by atoms with Crippen LogP contribution in [0.25, 0.3) is 0 Å². The molecule has 3 rings (SSSR count). The molecule has 25 heavy (non-hydrogen) atoms. The molecule has 0 aromatic carbocycles. The second-order valence-corrected chi connectivity index (χ2v) is 6.51. The number of amides is 2. The Labute approximate surface area is 146 Å². The Kier molecular flexibility index (Phi) is 4.52. The maximum Gasteiger partial charge on any atom is 0.254 e. The molecule has 8 nitrogen and oxygen atoms in total. The Hall–Kier alpha value is -2.77. The smallest absolute Gasteiger partial charge is 0.254 e.